The van der Waals surface area contributed by atoms with Gasteiger partial charge < -0.3 is 18.6 Å². The van der Waals surface area contributed by atoms with Gasteiger partial charge in [0.05, 0.1) is 19.8 Å². The van der Waals surface area contributed by atoms with E-state index >= 15 is 0 Å². The molecular weight excluding hydrogens is 288 g/mol. The van der Waals surface area contributed by atoms with Crippen molar-refractivity contribution in [2.24, 2.45) is 0 Å². The maximum absolute atomic E-state index is 11.6. The summed E-state index contributed by atoms with van der Waals surface area (Å²) in [4.78, 5) is 22.9. The van der Waals surface area contributed by atoms with Crippen molar-refractivity contribution in [1.82, 2.24) is 0 Å². The summed E-state index contributed by atoms with van der Waals surface area (Å²) in [6.45, 7) is 1.53. The van der Waals surface area contributed by atoms with Gasteiger partial charge in [0, 0.05) is 6.07 Å². The first-order valence-electron chi connectivity index (χ1n) is 6.54. The molecule has 116 valence electrons. The molecule has 0 atom stereocenters. The van der Waals surface area contributed by atoms with Crippen molar-refractivity contribution < 1.29 is 28.2 Å². The molecule has 1 aromatic heterocycles. The van der Waals surface area contributed by atoms with E-state index in [0.717, 1.165) is 0 Å². The molecule has 22 heavy (non-hydrogen) atoms. The number of benzene rings is 1. The molecule has 0 radical (unpaired) electrons. The molecule has 0 aliphatic heterocycles. The molecule has 2 rings (SSSR count). The Bertz CT molecular complexity index is 686. The maximum Gasteiger partial charge on any atom is 0.373 e. The first-order chi connectivity index (χ1) is 10.5. The van der Waals surface area contributed by atoms with Crippen LogP contribution in [0.1, 0.15) is 33.6 Å². The van der Waals surface area contributed by atoms with Gasteiger partial charge in [-0.25, -0.2) is 4.79 Å². The minimum atomic E-state index is -0.558. The summed E-state index contributed by atoms with van der Waals surface area (Å²) >= 11 is 0. The van der Waals surface area contributed by atoms with Crippen molar-refractivity contribution in [1.29, 1.82) is 0 Å². The van der Waals surface area contributed by atoms with Crippen molar-refractivity contribution in [2.45, 2.75) is 13.5 Å². The van der Waals surface area contributed by atoms with Gasteiger partial charge in [0.25, 0.3) is 0 Å². The molecule has 0 fully saturated rings. The number of ether oxygens (including phenoxy) is 3. The molecule has 6 nitrogen and oxygen atoms in total. The minimum absolute atomic E-state index is 0.0739. The fraction of sp³-hybridized carbons (Fsp3) is 0.250. The number of Topliss-reactive ketones (excluding diaryl/α,β-unsaturated/α-hetero) is 1. The highest BCUT2D eigenvalue weighted by Crippen LogP contribution is 2.26. The molecular formula is C16H16O6. The Morgan fingerprint density at radius 3 is 2.55 bits per heavy atom. The van der Waals surface area contributed by atoms with E-state index in [4.69, 9.17) is 13.9 Å². The van der Waals surface area contributed by atoms with Crippen molar-refractivity contribution in [3.8, 4) is 11.5 Å². The van der Waals surface area contributed by atoms with Gasteiger partial charge in [0.15, 0.2) is 5.78 Å². The molecule has 0 bridgehead atoms. The molecule has 1 aromatic carbocycles. The van der Waals surface area contributed by atoms with E-state index in [2.05, 4.69) is 4.74 Å². The lowest BCUT2D eigenvalue weighted by Gasteiger charge is -2.10. The lowest BCUT2D eigenvalue weighted by atomic mass is 10.1. The second-order valence-corrected chi connectivity index (χ2v) is 4.46. The van der Waals surface area contributed by atoms with Gasteiger partial charge in [-0.2, -0.15) is 0 Å². The molecule has 0 aliphatic rings. The van der Waals surface area contributed by atoms with Gasteiger partial charge in [-0.15, -0.1) is 0 Å². The maximum atomic E-state index is 11.6. The van der Waals surface area contributed by atoms with Crippen LogP contribution >= 0.6 is 0 Å². The average Bonchev–Trinajstić information content (AvgIpc) is 3.00. The van der Waals surface area contributed by atoms with E-state index in [9.17, 15) is 9.59 Å². The smallest absolute Gasteiger partial charge is 0.373 e. The number of ketones is 1. The number of carbonyl (C=O) groups is 2. The van der Waals surface area contributed by atoms with E-state index in [1.165, 1.54) is 27.2 Å². The number of carbonyl (C=O) groups excluding carboxylic acids is 2. The van der Waals surface area contributed by atoms with Crippen molar-refractivity contribution in [3.05, 3.63) is 47.4 Å². The zero-order valence-corrected chi connectivity index (χ0v) is 12.5. The van der Waals surface area contributed by atoms with Crippen LogP contribution in [0.25, 0.3) is 0 Å². The third-order valence-electron chi connectivity index (χ3n) is 2.99. The Hall–Kier alpha value is -2.76. The Kier molecular flexibility index (Phi) is 4.83. The monoisotopic (exact) mass is 304 g/mol. The molecule has 0 saturated heterocycles. The Balaban J connectivity index is 2.15. The molecule has 0 saturated carbocycles. The van der Waals surface area contributed by atoms with Crippen LogP contribution in [0.15, 0.2) is 34.7 Å². The zero-order chi connectivity index (χ0) is 16.1. The molecule has 2 aromatic rings. The lowest BCUT2D eigenvalue weighted by molar-refractivity contribution is 0.0561. The number of rotatable bonds is 6. The van der Waals surface area contributed by atoms with Crippen LogP contribution in [0.5, 0.6) is 11.5 Å². The van der Waals surface area contributed by atoms with Gasteiger partial charge in [-0.3, -0.25) is 4.79 Å². The number of furan rings is 1. The van der Waals surface area contributed by atoms with E-state index < -0.39 is 5.97 Å². The number of hydrogen-bond acceptors (Lipinski definition) is 6. The Morgan fingerprint density at radius 1 is 1.14 bits per heavy atom. The van der Waals surface area contributed by atoms with Crippen LogP contribution in [-0.2, 0) is 11.3 Å². The van der Waals surface area contributed by atoms with E-state index in [1.807, 2.05) is 0 Å². The summed E-state index contributed by atoms with van der Waals surface area (Å²) in [7, 11) is 2.80. The fourth-order valence-corrected chi connectivity index (χ4v) is 1.85. The van der Waals surface area contributed by atoms with Crippen LogP contribution in [0.2, 0.25) is 0 Å². The second-order valence-electron chi connectivity index (χ2n) is 4.46. The number of esters is 1. The van der Waals surface area contributed by atoms with Gasteiger partial charge in [0.2, 0.25) is 5.76 Å². The van der Waals surface area contributed by atoms with E-state index in [0.29, 0.717) is 22.8 Å². The minimum Gasteiger partial charge on any atom is -0.497 e. The topological polar surface area (TPSA) is 75.0 Å². The van der Waals surface area contributed by atoms with Crippen molar-refractivity contribution in [2.75, 3.05) is 14.2 Å². The van der Waals surface area contributed by atoms with Crippen molar-refractivity contribution in [3.63, 3.8) is 0 Å². The highest BCUT2D eigenvalue weighted by Gasteiger charge is 2.14. The summed E-state index contributed by atoms with van der Waals surface area (Å²) in [6.07, 6.45) is 0. The predicted molar refractivity (Wildman–Crippen MR) is 77.4 cm³/mol. The highest BCUT2D eigenvalue weighted by molar-refractivity contribution is 5.97. The normalized spacial score (nSPS) is 10.1. The predicted octanol–water partition coefficient (Wildman–Crippen LogP) is 2.86. The summed E-state index contributed by atoms with van der Waals surface area (Å²) in [6, 6.07) is 8.06. The van der Waals surface area contributed by atoms with Gasteiger partial charge in [0.1, 0.15) is 23.9 Å². The van der Waals surface area contributed by atoms with Crippen LogP contribution in [0, 0.1) is 0 Å². The largest absolute Gasteiger partial charge is 0.497 e. The fourth-order valence-electron chi connectivity index (χ4n) is 1.85. The van der Waals surface area contributed by atoms with Crippen LogP contribution in [-0.4, -0.2) is 26.0 Å². The number of hydrogen-bond donors (Lipinski definition) is 0. The van der Waals surface area contributed by atoms with Crippen LogP contribution in [0.3, 0.4) is 0 Å². The quantitative estimate of drug-likeness (QED) is 0.603. The SMILES string of the molecule is COC(=O)c1ccc(COc2cc(OC)ccc2C(C)=O)o1. The zero-order valence-electron chi connectivity index (χ0n) is 12.5. The standard InChI is InChI=1S/C16H16O6/c1-10(17)13-6-4-11(19-2)8-15(13)21-9-12-5-7-14(22-12)16(18)20-3/h4-8H,9H2,1-3H3. The molecule has 0 aliphatic carbocycles. The van der Waals surface area contributed by atoms with Crippen molar-refractivity contribution >= 4 is 11.8 Å². The first-order valence-corrected chi connectivity index (χ1v) is 6.54. The Labute approximate surface area is 127 Å². The molecule has 0 unspecified atom stereocenters. The second kappa shape index (κ2) is 6.80. The summed E-state index contributed by atoms with van der Waals surface area (Å²) in [5, 5.41) is 0. The third-order valence-corrected chi connectivity index (χ3v) is 2.99. The molecule has 0 N–H and O–H groups in total. The first kappa shape index (κ1) is 15.6. The third kappa shape index (κ3) is 3.46. The van der Waals surface area contributed by atoms with E-state index in [1.54, 1.807) is 24.3 Å². The van der Waals surface area contributed by atoms with Gasteiger partial charge >= 0.3 is 5.97 Å². The van der Waals surface area contributed by atoms with Gasteiger partial charge in [-0.1, -0.05) is 0 Å². The van der Waals surface area contributed by atoms with E-state index in [-0.39, 0.29) is 18.2 Å². The van der Waals surface area contributed by atoms with Gasteiger partial charge in [-0.05, 0) is 31.2 Å². The highest BCUT2D eigenvalue weighted by atomic mass is 16.5. The van der Waals surface area contributed by atoms with Crippen LogP contribution < -0.4 is 9.47 Å². The lowest BCUT2D eigenvalue weighted by Crippen LogP contribution is -2.02. The van der Waals surface area contributed by atoms with Crippen LogP contribution in [0.4, 0.5) is 0 Å². The summed E-state index contributed by atoms with van der Waals surface area (Å²) < 4.78 is 20.6. The summed E-state index contributed by atoms with van der Waals surface area (Å²) in [5.74, 6) is 0.832. The molecule has 0 spiro atoms. The number of methoxy groups -OCH3 is 2. The molecule has 1 heterocycles. The molecule has 6 heteroatoms. The Morgan fingerprint density at radius 2 is 1.91 bits per heavy atom. The molecule has 0 amide bonds. The summed E-state index contributed by atoms with van der Waals surface area (Å²) in [5.41, 5.74) is 0.445. The average molecular weight is 304 g/mol.